The summed E-state index contributed by atoms with van der Waals surface area (Å²) in [4.78, 5) is 0. The highest BCUT2D eigenvalue weighted by Gasteiger charge is 2.08. The van der Waals surface area contributed by atoms with E-state index in [0.717, 1.165) is 5.75 Å². The maximum Gasteiger partial charge on any atom is 0.119 e. The van der Waals surface area contributed by atoms with Crippen molar-refractivity contribution in [1.82, 2.24) is 5.43 Å². The Morgan fingerprint density at radius 3 is 2.44 bits per heavy atom. The van der Waals surface area contributed by atoms with Gasteiger partial charge in [-0.2, -0.15) is 0 Å². The summed E-state index contributed by atoms with van der Waals surface area (Å²) < 4.78 is 11.0. The van der Waals surface area contributed by atoms with Crippen LogP contribution < -0.4 is 16.0 Å². The average molecular weight is 224 g/mol. The van der Waals surface area contributed by atoms with Gasteiger partial charge < -0.3 is 9.47 Å². The van der Waals surface area contributed by atoms with Gasteiger partial charge in [-0.3, -0.25) is 11.3 Å². The zero-order valence-corrected chi connectivity index (χ0v) is 9.85. The van der Waals surface area contributed by atoms with Crippen molar-refractivity contribution in [3.63, 3.8) is 0 Å². The highest BCUT2D eigenvalue weighted by molar-refractivity contribution is 5.20. The third-order valence-corrected chi connectivity index (χ3v) is 2.06. The Bertz CT molecular complexity index is 278. The third-order valence-electron chi connectivity index (χ3n) is 2.06. The molecule has 4 heteroatoms. The Morgan fingerprint density at radius 2 is 1.88 bits per heavy atom. The summed E-state index contributed by atoms with van der Waals surface area (Å²) in [5, 5.41) is 0. The molecule has 0 heterocycles. The van der Waals surface area contributed by atoms with Crippen LogP contribution in [0.5, 0.6) is 5.75 Å². The molecule has 0 radical (unpaired) electrons. The fraction of sp³-hybridized carbons (Fsp3) is 0.500. The van der Waals surface area contributed by atoms with Crippen molar-refractivity contribution in [2.75, 3.05) is 13.2 Å². The minimum Gasteiger partial charge on any atom is -0.492 e. The van der Waals surface area contributed by atoms with E-state index in [0.29, 0.717) is 13.2 Å². The monoisotopic (exact) mass is 224 g/mol. The summed E-state index contributed by atoms with van der Waals surface area (Å²) in [5.74, 6) is 6.25. The molecule has 4 nitrogen and oxygen atoms in total. The molecular formula is C12H20N2O2. The van der Waals surface area contributed by atoms with Crippen molar-refractivity contribution >= 4 is 0 Å². The predicted molar refractivity (Wildman–Crippen MR) is 64.1 cm³/mol. The van der Waals surface area contributed by atoms with Crippen LogP contribution in [0.2, 0.25) is 0 Å². The lowest BCUT2D eigenvalue weighted by Crippen LogP contribution is -2.43. The summed E-state index contributed by atoms with van der Waals surface area (Å²) in [6.45, 7) is 5.02. The van der Waals surface area contributed by atoms with E-state index in [-0.39, 0.29) is 12.1 Å². The Hall–Kier alpha value is -1.10. The first-order chi connectivity index (χ1) is 7.72. The topological polar surface area (TPSA) is 56.5 Å². The van der Waals surface area contributed by atoms with Gasteiger partial charge in [-0.05, 0) is 26.0 Å². The van der Waals surface area contributed by atoms with Gasteiger partial charge in [0, 0.05) is 0 Å². The van der Waals surface area contributed by atoms with E-state index in [9.17, 15) is 0 Å². The highest BCUT2D eigenvalue weighted by atomic mass is 16.5. The zero-order valence-electron chi connectivity index (χ0n) is 9.85. The molecule has 90 valence electrons. The number of nitrogens with two attached hydrogens (primary N) is 1. The first-order valence-corrected chi connectivity index (χ1v) is 5.48. The molecule has 0 aliphatic rings. The van der Waals surface area contributed by atoms with E-state index in [1.54, 1.807) is 0 Å². The lowest BCUT2D eigenvalue weighted by Gasteiger charge is -2.18. The minimum atomic E-state index is 0.00241. The summed E-state index contributed by atoms with van der Waals surface area (Å²) in [6, 6.07) is 9.65. The van der Waals surface area contributed by atoms with Crippen molar-refractivity contribution in [2.24, 2.45) is 5.84 Å². The second-order valence-corrected chi connectivity index (χ2v) is 3.87. The smallest absolute Gasteiger partial charge is 0.119 e. The fourth-order valence-corrected chi connectivity index (χ4v) is 1.17. The quantitative estimate of drug-likeness (QED) is 0.542. The lowest BCUT2D eigenvalue weighted by atomic mass is 10.3. The van der Waals surface area contributed by atoms with Crippen LogP contribution in [0.1, 0.15) is 13.8 Å². The van der Waals surface area contributed by atoms with Crippen molar-refractivity contribution in [3.05, 3.63) is 30.3 Å². The Morgan fingerprint density at radius 1 is 1.19 bits per heavy atom. The van der Waals surface area contributed by atoms with Gasteiger partial charge in [0.2, 0.25) is 0 Å². The van der Waals surface area contributed by atoms with Crippen LogP contribution >= 0.6 is 0 Å². The third kappa shape index (κ3) is 5.11. The molecule has 1 aromatic carbocycles. The minimum absolute atomic E-state index is 0.00241. The molecular weight excluding hydrogens is 204 g/mol. The van der Waals surface area contributed by atoms with Crippen LogP contribution in [0.25, 0.3) is 0 Å². The molecule has 0 spiro atoms. The van der Waals surface area contributed by atoms with Gasteiger partial charge in [-0.25, -0.2) is 0 Å². The largest absolute Gasteiger partial charge is 0.492 e. The van der Waals surface area contributed by atoms with E-state index in [1.165, 1.54) is 0 Å². The number of hydrogen-bond acceptors (Lipinski definition) is 4. The van der Waals surface area contributed by atoms with Crippen LogP contribution in [0.15, 0.2) is 30.3 Å². The summed E-state index contributed by atoms with van der Waals surface area (Å²) in [7, 11) is 0. The molecule has 1 aromatic rings. The van der Waals surface area contributed by atoms with Crippen LogP contribution in [-0.4, -0.2) is 25.4 Å². The number of para-hydroxylation sites is 1. The highest BCUT2D eigenvalue weighted by Crippen LogP contribution is 2.08. The van der Waals surface area contributed by atoms with E-state index in [2.05, 4.69) is 5.43 Å². The van der Waals surface area contributed by atoms with Crippen LogP contribution in [0, 0.1) is 0 Å². The van der Waals surface area contributed by atoms with Gasteiger partial charge in [-0.1, -0.05) is 18.2 Å². The number of hydrogen-bond donors (Lipinski definition) is 2. The van der Waals surface area contributed by atoms with Crippen LogP contribution in [0.4, 0.5) is 0 Å². The molecule has 0 saturated carbocycles. The molecule has 0 aliphatic heterocycles. The molecule has 0 bridgehead atoms. The lowest BCUT2D eigenvalue weighted by molar-refractivity contribution is 0.0502. The normalized spacial score (nSPS) is 12.8. The second-order valence-electron chi connectivity index (χ2n) is 3.87. The van der Waals surface area contributed by atoms with Crippen molar-refractivity contribution in [3.8, 4) is 5.75 Å². The number of nitrogens with one attached hydrogen (secondary N) is 1. The molecule has 1 unspecified atom stereocenters. The van der Waals surface area contributed by atoms with Crippen LogP contribution in [-0.2, 0) is 4.74 Å². The molecule has 3 N–H and O–H groups in total. The summed E-state index contributed by atoms with van der Waals surface area (Å²) >= 11 is 0. The summed E-state index contributed by atoms with van der Waals surface area (Å²) in [6.07, 6.45) is 0.201. The van der Waals surface area contributed by atoms with Gasteiger partial charge in [0.15, 0.2) is 0 Å². The maximum atomic E-state index is 5.57. The maximum absolute atomic E-state index is 5.57. The SMILES string of the molecule is CC(C)OCC(COc1ccccc1)NN. The number of rotatable bonds is 7. The molecule has 0 aromatic heterocycles. The molecule has 16 heavy (non-hydrogen) atoms. The molecule has 0 saturated heterocycles. The Balaban J connectivity index is 2.28. The van der Waals surface area contributed by atoms with Gasteiger partial charge in [-0.15, -0.1) is 0 Å². The fourth-order valence-electron chi connectivity index (χ4n) is 1.17. The van der Waals surface area contributed by atoms with E-state index < -0.39 is 0 Å². The molecule has 1 atom stereocenters. The van der Waals surface area contributed by atoms with Crippen molar-refractivity contribution in [2.45, 2.75) is 26.0 Å². The molecule has 1 rings (SSSR count). The van der Waals surface area contributed by atoms with Gasteiger partial charge >= 0.3 is 0 Å². The van der Waals surface area contributed by atoms with Crippen LogP contribution in [0.3, 0.4) is 0 Å². The standard InChI is InChI=1S/C12H20N2O2/c1-10(2)15-8-11(14-13)9-16-12-6-4-3-5-7-12/h3-7,10-11,14H,8-9,13H2,1-2H3. The number of ether oxygens (including phenoxy) is 2. The average Bonchev–Trinajstić information content (AvgIpc) is 2.30. The second kappa shape index (κ2) is 7.22. The summed E-state index contributed by atoms with van der Waals surface area (Å²) in [5.41, 5.74) is 2.68. The van der Waals surface area contributed by atoms with Gasteiger partial charge in [0.1, 0.15) is 12.4 Å². The Labute approximate surface area is 96.7 Å². The van der Waals surface area contributed by atoms with E-state index in [1.807, 2.05) is 44.2 Å². The molecule has 0 fully saturated rings. The van der Waals surface area contributed by atoms with Crippen molar-refractivity contribution < 1.29 is 9.47 Å². The van der Waals surface area contributed by atoms with Crippen molar-refractivity contribution in [1.29, 1.82) is 0 Å². The first-order valence-electron chi connectivity index (χ1n) is 5.48. The zero-order chi connectivity index (χ0) is 11.8. The van der Waals surface area contributed by atoms with E-state index in [4.69, 9.17) is 15.3 Å². The van der Waals surface area contributed by atoms with E-state index >= 15 is 0 Å². The van der Waals surface area contributed by atoms with Gasteiger partial charge in [0.25, 0.3) is 0 Å². The number of benzene rings is 1. The first kappa shape index (κ1) is 13.0. The Kier molecular flexibility index (Phi) is 5.85. The predicted octanol–water partition coefficient (Wildman–Crippen LogP) is 1.32. The number of hydrazine groups is 1. The molecule has 0 aliphatic carbocycles. The molecule has 0 amide bonds. The van der Waals surface area contributed by atoms with Gasteiger partial charge in [0.05, 0.1) is 18.8 Å².